The van der Waals surface area contributed by atoms with Gasteiger partial charge in [0.15, 0.2) is 10.9 Å². The van der Waals surface area contributed by atoms with Crippen LogP contribution in [-0.2, 0) is 4.79 Å². The number of aromatic nitrogens is 3. The van der Waals surface area contributed by atoms with Gasteiger partial charge in [0.25, 0.3) is 0 Å². The molecule has 1 N–H and O–H groups in total. The summed E-state index contributed by atoms with van der Waals surface area (Å²) in [4.78, 5) is 12.6. The number of anilines is 1. The van der Waals surface area contributed by atoms with Crippen molar-refractivity contribution in [2.75, 3.05) is 17.7 Å². The van der Waals surface area contributed by atoms with Crippen LogP contribution >= 0.6 is 23.4 Å². The van der Waals surface area contributed by atoms with Gasteiger partial charge in [-0.3, -0.25) is 9.36 Å². The molecule has 1 amide bonds. The standard InChI is InChI=1S/C23H21ClN4O3S/c1-3-30-17-11-9-16(10-12-17)28-22(20-8-5-13-31-20)26-27-23(28)32-14-21(29)25-19-7-4-6-18(24)15(19)2/h4-13H,3,14H2,1-2H3,(H,25,29). The highest BCUT2D eigenvalue weighted by atomic mass is 35.5. The van der Waals surface area contributed by atoms with Gasteiger partial charge in [-0.1, -0.05) is 29.4 Å². The summed E-state index contributed by atoms with van der Waals surface area (Å²) in [5, 5.41) is 12.7. The smallest absolute Gasteiger partial charge is 0.234 e. The number of carbonyl (C=O) groups is 1. The number of nitrogens with zero attached hydrogens (tertiary/aromatic N) is 3. The van der Waals surface area contributed by atoms with E-state index in [-0.39, 0.29) is 11.7 Å². The fraction of sp³-hybridized carbons (Fsp3) is 0.174. The lowest BCUT2D eigenvalue weighted by molar-refractivity contribution is -0.113. The predicted molar refractivity (Wildman–Crippen MR) is 126 cm³/mol. The Balaban J connectivity index is 1.57. The van der Waals surface area contributed by atoms with Crippen molar-refractivity contribution in [2.45, 2.75) is 19.0 Å². The van der Waals surface area contributed by atoms with Gasteiger partial charge in [-0.15, -0.1) is 10.2 Å². The monoisotopic (exact) mass is 468 g/mol. The van der Waals surface area contributed by atoms with E-state index in [1.165, 1.54) is 11.8 Å². The van der Waals surface area contributed by atoms with Crippen molar-refractivity contribution < 1.29 is 13.9 Å². The molecule has 4 rings (SSSR count). The van der Waals surface area contributed by atoms with E-state index in [0.29, 0.717) is 34.1 Å². The molecule has 0 atom stereocenters. The second kappa shape index (κ2) is 9.93. The maximum atomic E-state index is 12.6. The zero-order valence-electron chi connectivity index (χ0n) is 17.5. The minimum Gasteiger partial charge on any atom is -0.494 e. The Morgan fingerprint density at radius 2 is 1.97 bits per heavy atom. The molecule has 0 aliphatic carbocycles. The van der Waals surface area contributed by atoms with Gasteiger partial charge in [0.1, 0.15) is 5.75 Å². The number of hydrogen-bond donors (Lipinski definition) is 1. The molecule has 0 bridgehead atoms. The van der Waals surface area contributed by atoms with E-state index >= 15 is 0 Å². The molecule has 164 valence electrons. The zero-order valence-corrected chi connectivity index (χ0v) is 19.1. The summed E-state index contributed by atoms with van der Waals surface area (Å²) in [6, 6.07) is 16.6. The number of benzene rings is 2. The molecule has 0 unspecified atom stereocenters. The number of rotatable bonds is 8. The first-order chi connectivity index (χ1) is 15.6. The van der Waals surface area contributed by atoms with Crippen LogP contribution in [0, 0.1) is 6.92 Å². The van der Waals surface area contributed by atoms with Crippen LogP contribution < -0.4 is 10.1 Å². The molecule has 0 aliphatic rings. The summed E-state index contributed by atoms with van der Waals surface area (Å²) in [6.45, 7) is 4.39. The normalized spacial score (nSPS) is 10.8. The highest BCUT2D eigenvalue weighted by Gasteiger charge is 2.19. The first kappa shape index (κ1) is 22.0. The van der Waals surface area contributed by atoms with Gasteiger partial charge >= 0.3 is 0 Å². The van der Waals surface area contributed by atoms with E-state index in [2.05, 4.69) is 15.5 Å². The molecule has 9 heteroatoms. The van der Waals surface area contributed by atoms with Crippen molar-refractivity contribution in [3.8, 4) is 23.0 Å². The minimum atomic E-state index is -0.166. The number of hydrogen-bond acceptors (Lipinski definition) is 6. The lowest BCUT2D eigenvalue weighted by atomic mass is 10.2. The molecular formula is C23H21ClN4O3S. The van der Waals surface area contributed by atoms with Gasteiger partial charge in [0.2, 0.25) is 11.7 Å². The van der Waals surface area contributed by atoms with Crippen LogP contribution in [0.3, 0.4) is 0 Å². The summed E-state index contributed by atoms with van der Waals surface area (Å²) in [6.07, 6.45) is 1.58. The SMILES string of the molecule is CCOc1ccc(-n2c(SCC(=O)Nc3cccc(Cl)c3C)nnc2-c2ccco2)cc1. The molecule has 7 nitrogen and oxygen atoms in total. The molecule has 0 aliphatic heterocycles. The average Bonchev–Trinajstić information content (AvgIpc) is 3.46. The highest BCUT2D eigenvalue weighted by Crippen LogP contribution is 2.29. The quantitative estimate of drug-likeness (QED) is 0.338. The number of halogens is 1. The summed E-state index contributed by atoms with van der Waals surface area (Å²) in [7, 11) is 0. The third kappa shape index (κ3) is 4.81. The lowest BCUT2D eigenvalue weighted by Crippen LogP contribution is -2.15. The molecular weight excluding hydrogens is 448 g/mol. The Morgan fingerprint density at radius 1 is 1.16 bits per heavy atom. The third-order valence-electron chi connectivity index (χ3n) is 4.65. The molecule has 0 radical (unpaired) electrons. The molecule has 0 saturated heterocycles. The van der Waals surface area contributed by atoms with Crippen molar-refractivity contribution >= 4 is 35.0 Å². The van der Waals surface area contributed by atoms with Gasteiger partial charge in [0.05, 0.1) is 24.3 Å². The van der Waals surface area contributed by atoms with Crippen molar-refractivity contribution in [3.05, 3.63) is 71.4 Å². The number of amides is 1. The molecule has 32 heavy (non-hydrogen) atoms. The molecule has 2 aromatic carbocycles. The highest BCUT2D eigenvalue weighted by molar-refractivity contribution is 7.99. The van der Waals surface area contributed by atoms with E-state index in [1.54, 1.807) is 24.5 Å². The Kier molecular flexibility index (Phi) is 6.82. The lowest BCUT2D eigenvalue weighted by Gasteiger charge is -2.11. The molecule has 2 aromatic heterocycles. The Hall–Kier alpha value is -3.23. The van der Waals surface area contributed by atoms with Crippen LogP contribution in [0.2, 0.25) is 5.02 Å². The number of nitrogens with one attached hydrogen (secondary N) is 1. The summed E-state index contributed by atoms with van der Waals surface area (Å²) in [5.74, 6) is 1.89. The molecule has 4 aromatic rings. The third-order valence-corrected chi connectivity index (χ3v) is 5.99. The Bertz CT molecular complexity index is 1210. The maximum absolute atomic E-state index is 12.6. The largest absolute Gasteiger partial charge is 0.494 e. The number of furan rings is 1. The van der Waals surface area contributed by atoms with Gasteiger partial charge in [-0.25, -0.2) is 0 Å². The van der Waals surface area contributed by atoms with Gasteiger partial charge in [-0.2, -0.15) is 0 Å². The number of thioether (sulfide) groups is 1. The fourth-order valence-electron chi connectivity index (χ4n) is 3.08. The predicted octanol–water partition coefficient (Wildman–Crippen LogP) is 5.62. The number of carbonyl (C=O) groups excluding carboxylic acids is 1. The van der Waals surface area contributed by atoms with Crippen LogP contribution in [-0.4, -0.2) is 33.0 Å². The maximum Gasteiger partial charge on any atom is 0.234 e. The van der Waals surface area contributed by atoms with Crippen LogP contribution in [0.15, 0.2) is 70.4 Å². The Morgan fingerprint density at radius 3 is 2.69 bits per heavy atom. The topological polar surface area (TPSA) is 82.2 Å². The molecule has 0 saturated carbocycles. The molecule has 2 heterocycles. The minimum absolute atomic E-state index is 0.152. The zero-order chi connectivity index (χ0) is 22.5. The number of ether oxygens (including phenoxy) is 1. The van der Waals surface area contributed by atoms with Crippen molar-refractivity contribution in [2.24, 2.45) is 0 Å². The van der Waals surface area contributed by atoms with Gasteiger partial charge < -0.3 is 14.5 Å². The van der Waals surface area contributed by atoms with E-state index in [4.69, 9.17) is 20.8 Å². The average molecular weight is 469 g/mol. The van der Waals surface area contributed by atoms with E-state index < -0.39 is 0 Å². The van der Waals surface area contributed by atoms with Gasteiger partial charge in [0, 0.05) is 10.7 Å². The van der Waals surface area contributed by atoms with Crippen molar-refractivity contribution in [3.63, 3.8) is 0 Å². The van der Waals surface area contributed by atoms with Crippen LogP contribution in [0.4, 0.5) is 5.69 Å². The molecule has 0 spiro atoms. The van der Waals surface area contributed by atoms with E-state index in [1.807, 2.05) is 54.8 Å². The molecule has 0 fully saturated rings. The van der Waals surface area contributed by atoms with Crippen LogP contribution in [0.1, 0.15) is 12.5 Å². The van der Waals surface area contributed by atoms with Crippen molar-refractivity contribution in [1.29, 1.82) is 0 Å². The Labute approximate surface area is 194 Å². The first-order valence-electron chi connectivity index (χ1n) is 9.97. The second-order valence-corrected chi connectivity index (χ2v) is 8.14. The van der Waals surface area contributed by atoms with E-state index in [9.17, 15) is 4.79 Å². The van der Waals surface area contributed by atoms with E-state index in [0.717, 1.165) is 17.0 Å². The van der Waals surface area contributed by atoms with Crippen LogP contribution in [0.5, 0.6) is 5.75 Å². The second-order valence-electron chi connectivity index (χ2n) is 6.80. The summed E-state index contributed by atoms with van der Waals surface area (Å²) < 4.78 is 12.9. The van der Waals surface area contributed by atoms with Crippen molar-refractivity contribution in [1.82, 2.24) is 14.8 Å². The summed E-state index contributed by atoms with van der Waals surface area (Å²) >= 11 is 7.43. The summed E-state index contributed by atoms with van der Waals surface area (Å²) in [5.41, 5.74) is 2.34. The van der Waals surface area contributed by atoms with Crippen LogP contribution in [0.25, 0.3) is 17.3 Å². The first-order valence-corrected chi connectivity index (χ1v) is 11.3. The van der Waals surface area contributed by atoms with Gasteiger partial charge in [-0.05, 0) is 67.9 Å². The fourth-order valence-corrected chi connectivity index (χ4v) is 4.01.